The number of hydrogen-bond acceptors (Lipinski definition) is 2. The average Bonchev–Trinajstić information content (AvgIpc) is 2.82. The summed E-state index contributed by atoms with van der Waals surface area (Å²) in [5, 5.41) is 12.5. The molecule has 2 rings (SSSR count). The van der Waals surface area contributed by atoms with E-state index in [0.717, 1.165) is 25.7 Å². The quantitative estimate of drug-likeness (QED) is 0.674. The number of aryl methyl sites for hydroxylation is 1. The second kappa shape index (κ2) is 8.56. The van der Waals surface area contributed by atoms with Crippen molar-refractivity contribution in [2.45, 2.75) is 69.9 Å². The fraction of sp³-hybridized carbons (Fsp3) is 0.632. The van der Waals surface area contributed by atoms with Gasteiger partial charge in [-0.2, -0.15) is 8.78 Å². The average molecular weight is 339 g/mol. The summed E-state index contributed by atoms with van der Waals surface area (Å²) in [6.45, 7) is 2.00. The van der Waals surface area contributed by atoms with Gasteiger partial charge in [-0.25, -0.2) is 0 Å². The largest absolute Gasteiger partial charge is 0.393 e. The highest BCUT2D eigenvalue weighted by Crippen LogP contribution is 2.29. The number of alkyl halides is 2. The molecule has 0 aliphatic carbocycles. The highest BCUT2D eigenvalue weighted by atomic mass is 19.3. The molecule has 1 aliphatic rings. The first-order valence-electron chi connectivity index (χ1n) is 8.79. The van der Waals surface area contributed by atoms with E-state index in [2.05, 4.69) is 17.4 Å². The van der Waals surface area contributed by atoms with Crippen LogP contribution in [0.1, 0.15) is 51.0 Å². The Morgan fingerprint density at radius 1 is 1.25 bits per heavy atom. The van der Waals surface area contributed by atoms with E-state index in [1.165, 1.54) is 5.56 Å². The Hall–Kier alpha value is -1.49. The fourth-order valence-corrected chi connectivity index (χ4v) is 3.21. The minimum absolute atomic E-state index is 0.137. The van der Waals surface area contributed by atoms with Gasteiger partial charge in [0.25, 0.3) is 5.91 Å². The van der Waals surface area contributed by atoms with Gasteiger partial charge in [0.05, 0.1) is 6.10 Å². The lowest BCUT2D eigenvalue weighted by atomic mass is 9.92. The lowest BCUT2D eigenvalue weighted by Crippen LogP contribution is -2.31. The molecule has 1 aliphatic heterocycles. The first kappa shape index (κ1) is 18.8. The normalized spacial score (nSPS) is 22.2. The first-order chi connectivity index (χ1) is 11.4. The van der Waals surface area contributed by atoms with Gasteiger partial charge in [-0.05, 0) is 43.6 Å². The standard InChI is InChI=1S/C19H27F2NO2/c1-14(7-5-6-10-15-8-3-2-4-9-15)17(23)12-11-16-13-19(20,21)18(24)22-16/h2-4,8-9,14,16-17,23H,5-7,10-13H2,1H3,(H,22,24)/t14-,16+,17-/m1/s1. The SMILES string of the molecule is C[C@H](CCCCc1ccccc1)[C@H](O)CC[C@H]1CC(F)(F)C(=O)N1. The van der Waals surface area contributed by atoms with Crippen LogP contribution in [0.15, 0.2) is 30.3 Å². The molecule has 3 atom stereocenters. The summed E-state index contributed by atoms with van der Waals surface area (Å²) in [5.41, 5.74) is 1.32. The van der Waals surface area contributed by atoms with Gasteiger partial charge >= 0.3 is 5.92 Å². The van der Waals surface area contributed by atoms with Crippen LogP contribution in [0.2, 0.25) is 0 Å². The maximum Gasteiger partial charge on any atom is 0.326 e. The van der Waals surface area contributed by atoms with Crippen LogP contribution in [-0.2, 0) is 11.2 Å². The zero-order chi connectivity index (χ0) is 17.6. The monoisotopic (exact) mass is 339 g/mol. The minimum atomic E-state index is -3.25. The third-order valence-corrected chi connectivity index (χ3v) is 4.86. The first-order valence-corrected chi connectivity index (χ1v) is 8.79. The highest BCUT2D eigenvalue weighted by molar-refractivity contribution is 5.85. The van der Waals surface area contributed by atoms with E-state index in [4.69, 9.17) is 0 Å². The van der Waals surface area contributed by atoms with Crippen molar-refractivity contribution in [3.63, 3.8) is 0 Å². The number of hydrogen-bond donors (Lipinski definition) is 2. The fourth-order valence-electron chi connectivity index (χ4n) is 3.21. The molecule has 1 saturated heterocycles. The summed E-state index contributed by atoms with van der Waals surface area (Å²) in [6, 6.07) is 9.78. The Morgan fingerprint density at radius 3 is 2.58 bits per heavy atom. The van der Waals surface area contributed by atoms with Gasteiger partial charge in [-0.3, -0.25) is 4.79 Å². The molecular weight excluding hydrogens is 312 g/mol. The Labute approximate surface area is 142 Å². The van der Waals surface area contributed by atoms with Crippen LogP contribution in [0.25, 0.3) is 0 Å². The molecular formula is C19H27F2NO2. The van der Waals surface area contributed by atoms with Crippen molar-refractivity contribution in [2.75, 3.05) is 0 Å². The van der Waals surface area contributed by atoms with Gasteiger partial charge < -0.3 is 10.4 Å². The van der Waals surface area contributed by atoms with Gasteiger partial charge in [-0.1, -0.05) is 43.7 Å². The third-order valence-electron chi connectivity index (χ3n) is 4.86. The lowest BCUT2D eigenvalue weighted by Gasteiger charge is -2.20. The van der Waals surface area contributed by atoms with Crippen molar-refractivity contribution < 1.29 is 18.7 Å². The number of aliphatic hydroxyl groups excluding tert-OH is 1. The van der Waals surface area contributed by atoms with Crippen molar-refractivity contribution in [2.24, 2.45) is 5.92 Å². The Bertz CT molecular complexity index is 521. The predicted octanol–water partition coefficient (Wildman–Crippen LogP) is 3.70. The van der Waals surface area contributed by atoms with Crippen LogP contribution in [0.4, 0.5) is 8.78 Å². The maximum atomic E-state index is 13.1. The maximum absolute atomic E-state index is 13.1. The summed E-state index contributed by atoms with van der Waals surface area (Å²) in [5.74, 6) is -4.30. The van der Waals surface area contributed by atoms with Crippen LogP contribution in [0.3, 0.4) is 0 Å². The Kier molecular flexibility index (Phi) is 6.72. The number of unbranched alkanes of at least 4 members (excludes halogenated alkanes) is 1. The van der Waals surface area contributed by atoms with E-state index >= 15 is 0 Å². The van der Waals surface area contributed by atoms with Gasteiger partial charge in [0.15, 0.2) is 0 Å². The molecule has 0 spiro atoms. The molecule has 2 N–H and O–H groups in total. The predicted molar refractivity (Wildman–Crippen MR) is 89.9 cm³/mol. The van der Waals surface area contributed by atoms with Crippen LogP contribution in [0, 0.1) is 5.92 Å². The number of carbonyl (C=O) groups excluding carboxylic acids is 1. The van der Waals surface area contributed by atoms with E-state index in [1.54, 1.807) is 0 Å². The molecule has 1 heterocycles. The van der Waals surface area contributed by atoms with Crippen LogP contribution < -0.4 is 5.32 Å². The topological polar surface area (TPSA) is 49.3 Å². The second-order valence-electron chi connectivity index (χ2n) is 6.93. The van der Waals surface area contributed by atoms with Crippen LogP contribution in [0.5, 0.6) is 0 Å². The molecule has 0 aromatic heterocycles. The summed E-state index contributed by atoms with van der Waals surface area (Å²) in [4.78, 5) is 11.1. The number of carbonyl (C=O) groups is 1. The van der Waals surface area contributed by atoms with E-state index in [-0.39, 0.29) is 5.92 Å². The van der Waals surface area contributed by atoms with Crippen molar-refractivity contribution in [3.8, 4) is 0 Å². The zero-order valence-corrected chi connectivity index (χ0v) is 14.2. The van der Waals surface area contributed by atoms with Crippen molar-refractivity contribution in [1.29, 1.82) is 0 Å². The van der Waals surface area contributed by atoms with Crippen LogP contribution >= 0.6 is 0 Å². The second-order valence-corrected chi connectivity index (χ2v) is 6.93. The molecule has 1 aromatic rings. The minimum Gasteiger partial charge on any atom is -0.393 e. The van der Waals surface area contributed by atoms with Crippen molar-refractivity contribution in [3.05, 3.63) is 35.9 Å². The molecule has 1 fully saturated rings. The van der Waals surface area contributed by atoms with E-state index < -0.39 is 30.4 Å². The van der Waals surface area contributed by atoms with Gasteiger partial charge in [0, 0.05) is 12.5 Å². The summed E-state index contributed by atoms with van der Waals surface area (Å²) in [7, 11) is 0. The van der Waals surface area contributed by atoms with Gasteiger partial charge in [-0.15, -0.1) is 0 Å². The number of halogens is 2. The number of aliphatic hydroxyl groups is 1. The van der Waals surface area contributed by atoms with Gasteiger partial charge in [0.2, 0.25) is 0 Å². The number of benzene rings is 1. The van der Waals surface area contributed by atoms with Crippen molar-refractivity contribution >= 4 is 5.91 Å². The number of nitrogens with one attached hydrogen (secondary N) is 1. The molecule has 5 heteroatoms. The van der Waals surface area contributed by atoms with Gasteiger partial charge in [0.1, 0.15) is 0 Å². The van der Waals surface area contributed by atoms with Crippen molar-refractivity contribution in [1.82, 2.24) is 5.32 Å². The summed E-state index contributed by atoms with van der Waals surface area (Å²) < 4.78 is 26.3. The van der Waals surface area contributed by atoms with E-state index in [9.17, 15) is 18.7 Å². The molecule has 0 bridgehead atoms. The number of rotatable bonds is 9. The number of amides is 1. The third kappa shape index (κ3) is 5.55. The molecule has 0 saturated carbocycles. The van der Waals surface area contributed by atoms with E-state index in [1.807, 2.05) is 25.1 Å². The molecule has 0 unspecified atom stereocenters. The molecule has 134 valence electrons. The lowest BCUT2D eigenvalue weighted by molar-refractivity contribution is -0.139. The summed E-state index contributed by atoms with van der Waals surface area (Å²) >= 11 is 0. The van der Waals surface area contributed by atoms with Crippen LogP contribution in [-0.4, -0.2) is 29.1 Å². The molecule has 24 heavy (non-hydrogen) atoms. The molecule has 1 aromatic carbocycles. The smallest absolute Gasteiger partial charge is 0.326 e. The Balaban J connectivity index is 1.60. The molecule has 0 radical (unpaired) electrons. The zero-order valence-electron chi connectivity index (χ0n) is 14.2. The molecule has 1 amide bonds. The highest BCUT2D eigenvalue weighted by Gasteiger charge is 2.47. The summed E-state index contributed by atoms with van der Waals surface area (Å²) in [6.07, 6.45) is 3.94. The van der Waals surface area contributed by atoms with E-state index in [0.29, 0.717) is 12.8 Å². The Morgan fingerprint density at radius 2 is 1.96 bits per heavy atom. The molecule has 3 nitrogen and oxygen atoms in total.